The lowest BCUT2D eigenvalue weighted by molar-refractivity contribution is 0.413. The molecule has 88 valence electrons. The van der Waals surface area contributed by atoms with E-state index in [2.05, 4.69) is 9.38 Å². The average molecular weight is 240 g/mol. The van der Waals surface area contributed by atoms with Crippen molar-refractivity contribution in [2.75, 3.05) is 7.11 Å². The number of aromatic nitrogens is 1. The van der Waals surface area contributed by atoms with E-state index < -0.39 is 11.4 Å². The molecule has 4 nitrogen and oxygen atoms in total. The van der Waals surface area contributed by atoms with Crippen molar-refractivity contribution >= 4 is 17.6 Å². The molecule has 0 saturated heterocycles. The van der Waals surface area contributed by atoms with Crippen LogP contribution in [-0.4, -0.2) is 27.6 Å². The van der Waals surface area contributed by atoms with Crippen LogP contribution in [-0.2, 0) is 11.4 Å². The number of ether oxygens (including phenoxy) is 1. The smallest absolute Gasteiger partial charge is 0.144 e. The molecule has 0 saturated carbocycles. The fourth-order valence-corrected chi connectivity index (χ4v) is 1.37. The van der Waals surface area contributed by atoms with E-state index in [1.165, 1.54) is 6.21 Å². The number of rotatable bonds is 3. The van der Waals surface area contributed by atoms with Gasteiger partial charge in [-0.1, -0.05) is 4.40 Å². The van der Waals surface area contributed by atoms with Crippen molar-refractivity contribution in [2.45, 2.75) is 25.5 Å². The molecule has 0 radical (unpaired) electrons. The topological polar surface area (TPSA) is 57.5 Å². The van der Waals surface area contributed by atoms with E-state index >= 15 is 0 Å². The van der Waals surface area contributed by atoms with Gasteiger partial charge in [0.05, 0.1) is 19.0 Å². The molecule has 0 aliphatic heterocycles. The summed E-state index contributed by atoms with van der Waals surface area (Å²) in [5, 5.41) is 0. The second-order valence-electron chi connectivity index (χ2n) is 4.22. The van der Waals surface area contributed by atoms with Gasteiger partial charge in [-0.2, -0.15) is 0 Å². The van der Waals surface area contributed by atoms with Crippen LogP contribution in [0.5, 0.6) is 5.75 Å². The minimum atomic E-state index is -1.25. The van der Waals surface area contributed by atoms with Crippen LogP contribution in [0.2, 0.25) is 0 Å². The zero-order valence-corrected chi connectivity index (χ0v) is 10.7. The predicted molar refractivity (Wildman–Crippen MR) is 66.3 cm³/mol. The monoisotopic (exact) mass is 240 g/mol. The van der Waals surface area contributed by atoms with Gasteiger partial charge in [0, 0.05) is 0 Å². The third kappa shape index (κ3) is 3.83. The summed E-state index contributed by atoms with van der Waals surface area (Å²) in [5.74, 6) is 0.689. The SMILES string of the molecule is COc1ccc(/C=N/[S+]([O-])C(C)(C)C)nc1. The number of methoxy groups -OCH3 is 1. The quantitative estimate of drug-likeness (QED) is 0.599. The van der Waals surface area contributed by atoms with Crippen molar-refractivity contribution in [2.24, 2.45) is 4.40 Å². The first kappa shape index (κ1) is 13.0. The molecule has 1 rings (SSSR count). The molecule has 5 heteroatoms. The minimum Gasteiger partial charge on any atom is -0.591 e. The maximum Gasteiger partial charge on any atom is 0.144 e. The third-order valence-electron chi connectivity index (χ3n) is 1.80. The van der Waals surface area contributed by atoms with Crippen LogP contribution in [0.25, 0.3) is 0 Å². The fraction of sp³-hybridized carbons (Fsp3) is 0.455. The first-order chi connectivity index (χ1) is 7.43. The van der Waals surface area contributed by atoms with Crippen LogP contribution in [0.1, 0.15) is 26.5 Å². The van der Waals surface area contributed by atoms with Crippen molar-refractivity contribution in [3.05, 3.63) is 24.0 Å². The standard InChI is InChI=1S/C11H16N2O2S/c1-11(2,3)16(14)13-7-9-5-6-10(15-4)8-12-9/h5-8H,1-4H3/b13-7+. The Balaban J connectivity index is 2.69. The van der Waals surface area contributed by atoms with Crippen LogP contribution >= 0.6 is 0 Å². The van der Waals surface area contributed by atoms with Crippen molar-refractivity contribution in [1.29, 1.82) is 0 Å². The number of hydrogen-bond acceptors (Lipinski definition) is 4. The van der Waals surface area contributed by atoms with Crippen LogP contribution in [0.15, 0.2) is 22.7 Å². The molecule has 1 atom stereocenters. The second kappa shape index (κ2) is 5.32. The van der Waals surface area contributed by atoms with E-state index in [9.17, 15) is 4.55 Å². The first-order valence-corrected chi connectivity index (χ1v) is 6.00. The van der Waals surface area contributed by atoms with Gasteiger partial charge >= 0.3 is 0 Å². The largest absolute Gasteiger partial charge is 0.591 e. The molecular weight excluding hydrogens is 224 g/mol. The minimum absolute atomic E-state index is 0.344. The molecule has 1 aromatic rings. The van der Waals surface area contributed by atoms with Gasteiger partial charge in [-0.25, -0.2) is 0 Å². The Morgan fingerprint density at radius 3 is 2.56 bits per heavy atom. The third-order valence-corrected chi connectivity index (χ3v) is 3.14. The van der Waals surface area contributed by atoms with E-state index in [1.54, 1.807) is 25.4 Å². The normalized spacial score (nSPS) is 14.1. The zero-order chi connectivity index (χ0) is 12.2. The highest BCUT2D eigenvalue weighted by molar-refractivity contribution is 7.91. The van der Waals surface area contributed by atoms with E-state index in [1.807, 2.05) is 20.8 Å². The summed E-state index contributed by atoms with van der Waals surface area (Å²) in [7, 11) is 1.58. The Hall–Kier alpha value is -1.07. The van der Waals surface area contributed by atoms with Gasteiger partial charge in [0.2, 0.25) is 0 Å². The van der Waals surface area contributed by atoms with Crippen molar-refractivity contribution in [1.82, 2.24) is 4.98 Å². The van der Waals surface area contributed by atoms with Crippen molar-refractivity contribution < 1.29 is 9.29 Å². The van der Waals surface area contributed by atoms with Crippen LogP contribution in [0.3, 0.4) is 0 Å². The zero-order valence-electron chi connectivity index (χ0n) is 9.93. The molecule has 0 spiro atoms. The van der Waals surface area contributed by atoms with E-state index in [4.69, 9.17) is 4.74 Å². The Morgan fingerprint density at radius 1 is 1.44 bits per heavy atom. The lowest BCUT2D eigenvalue weighted by Crippen LogP contribution is -2.25. The summed E-state index contributed by atoms with van der Waals surface area (Å²) in [6, 6.07) is 3.55. The lowest BCUT2D eigenvalue weighted by atomic mass is 10.3. The molecule has 0 amide bonds. The lowest BCUT2D eigenvalue weighted by Gasteiger charge is -2.17. The molecule has 1 heterocycles. The highest BCUT2D eigenvalue weighted by Crippen LogP contribution is 2.16. The van der Waals surface area contributed by atoms with Crippen LogP contribution < -0.4 is 4.74 Å². The molecule has 0 aliphatic carbocycles. The van der Waals surface area contributed by atoms with Gasteiger partial charge in [-0.3, -0.25) is 4.98 Å². The number of nitrogens with zero attached hydrogens (tertiary/aromatic N) is 2. The molecule has 0 N–H and O–H groups in total. The van der Waals surface area contributed by atoms with Gasteiger partial charge in [-0.15, -0.1) is 0 Å². The summed E-state index contributed by atoms with van der Waals surface area (Å²) in [6.45, 7) is 5.63. The summed E-state index contributed by atoms with van der Waals surface area (Å²) >= 11 is -1.25. The second-order valence-corrected chi connectivity index (χ2v) is 6.15. The van der Waals surface area contributed by atoms with Gasteiger partial charge < -0.3 is 9.29 Å². The summed E-state index contributed by atoms with van der Waals surface area (Å²) in [6.07, 6.45) is 3.11. The Bertz CT molecular complexity index is 357. The molecule has 0 bridgehead atoms. The highest BCUT2D eigenvalue weighted by atomic mass is 32.2. The maximum atomic E-state index is 11.6. The van der Waals surface area contributed by atoms with E-state index in [-0.39, 0.29) is 4.75 Å². The van der Waals surface area contributed by atoms with Gasteiger partial charge in [0.15, 0.2) is 0 Å². The van der Waals surface area contributed by atoms with E-state index in [0.717, 1.165) is 0 Å². The summed E-state index contributed by atoms with van der Waals surface area (Å²) < 4.78 is 20.2. The predicted octanol–water partition coefficient (Wildman–Crippen LogP) is 1.97. The molecular formula is C11H16N2O2S. The highest BCUT2D eigenvalue weighted by Gasteiger charge is 2.25. The first-order valence-electron chi connectivity index (χ1n) is 4.89. The summed E-state index contributed by atoms with van der Waals surface area (Å²) in [4.78, 5) is 4.09. The van der Waals surface area contributed by atoms with Gasteiger partial charge in [-0.05, 0) is 32.9 Å². The molecule has 1 aromatic heterocycles. The Labute approximate surface area is 99.1 Å². The molecule has 16 heavy (non-hydrogen) atoms. The summed E-state index contributed by atoms with van der Waals surface area (Å²) in [5.41, 5.74) is 0.665. The number of pyridine rings is 1. The van der Waals surface area contributed by atoms with Crippen molar-refractivity contribution in [3.63, 3.8) is 0 Å². The van der Waals surface area contributed by atoms with Crippen LogP contribution in [0, 0.1) is 0 Å². The Morgan fingerprint density at radius 2 is 2.12 bits per heavy atom. The molecule has 1 unspecified atom stereocenters. The average Bonchev–Trinajstić information content (AvgIpc) is 2.25. The van der Waals surface area contributed by atoms with Gasteiger partial charge in [0.25, 0.3) is 0 Å². The Kier molecular flexibility index (Phi) is 4.32. The maximum absolute atomic E-state index is 11.6. The molecule has 0 aromatic carbocycles. The molecule has 0 fully saturated rings. The van der Waals surface area contributed by atoms with Gasteiger partial charge in [0.1, 0.15) is 28.1 Å². The van der Waals surface area contributed by atoms with Crippen LogP contribution in [0.4, 0.5) is 0 Å². The van der Waals surface area contributed by atoms with E-state index in [0.29, 0.717) is 11.4 Å². The molecule has 0 aliphatic rings. The fourth-order valence-electron chi connectivity index (χ4n) is 0.849. The van der Waals surface area contributed by atoms with Crippen molar-refractivity contribution in [3.8, 4) is 5.75 Å². The number of hydrogen-bond donors (Lipinski definition) is 0.